The molecule has 1 aromatic carbocycles. The fourth-order valence-electron chi connectivity index (χ4n) is 3.03. The Hall–Kier alpha value is -2.11. The second kappa shape index (κ2) is 6.98. The Balaban J connectivity index is 1.39. The Kier molecular flexibility index (Phi) is 4.79. The highest BCUT2D eigenvalue weighted by Gasteiger charge is 2.36. The maximum absolute atomic E-state index is 13.4. The number of carbonyl (C=O) groups excluding carboxylic acids is 2. The summed E-state index contributed by atoms with van der Waals surface area (Å²) in [6.45, 7) is 0.619. The first-order valence-corrected chi connectivity index (χ1v) is 8.09. The molecule has 1 aliphatic carbocycles. The summed E-state index contributed by atoms with van der Waals surface area (Å²) in [5.41, 5.74) is 0. The molecule has 1 N–H and O–H groups in total. The number of nitrogens with zero attached hydrogens (tertiary/aromatic N) is 1. The summed E-state index contributed by atoms with van der Waals surface area (Å²) >= 11 is 0. The first-order chi connectivity index (χ1) is 11.1. The van der Waals surface area contributed by atoms with Gasteiger partial charge in [-0.05, 0) is 25.0 Å². The molecular weight excluding hydrogens is 299 g/mol. The number of likely N-dealkylation sites (tertiary alicyclic amines) is 1. The van der Waals surface area contributed by atoms with Crippen molar-refractivity contribution in [2.75, 3.05) is 19.7 Å². The number of hydrogen-bond acceptors (Lipinski definition) is 3. The van der Waals surface area contributed by atoms with Crippen LogP contribution in [0.2, 0.25) is 0 Å². The minimum absolute atomic E-state index is 0.0379. The van der Waals surface area contributed by atoms with Crippen molar-refractivity contribution in [2.24, 2.45) is 5.92 Å². The van der Waals surface area contributed by atoms with Crippen LogP contribution in [-0.2, 0) is 9.59 Å². The molecule has 0 unspecified atom stereocenters. The molecule has 0 spiro atoms. The first-order valence-electron chi connectivity index (χ1n) is 8.09. The third-order valence-electron chi connectivity index (χ3n) is 4.49. The quantitative estimate of drug-likeness (QED) is 0.899. The summed E-state index contributed by atoms with van der Waals surface area (Å²) in [6.07, 6.45) is 4.45. The number of nitrogens with one attached hydrogen (secondary N) is 1. The zero-order valence-corrected chi connectivity index (χ0v) is 13.0. The van der Waals surface area contributed by atoms with Crippen LogP contribution in [0.5, 0.6) is 5.75 Å². The lowest BCUT2D eigenvalue weighted by Crippen LogP contribution is -2.57. The van der Waals surface area contributed by atoms with Gasteiger partial charge in [-0.3, -0.25) is 9.59 Å². The van der Waals surface area contributed by atoms with Gasteiger partial charge in [-0.15, -0.1) is 0 Å². The Morgan fingerprint density at radius 3 is 2.61 bits per heavy atom. The van der Waals surface area contributed by atoms with E-state index in [0.717, 1.165) is 12.8 Å². The number of benzene rings is 1. The number of carbonyl (C=O) groups is 2. The largest absolute Gasteiger partial charge is 0.481 e. The van der Waals surface area contributed by atoms with Crippen LogP contribution >= 0.6 is 0 Å². The molecule has 1 heterocycles. The number of halogens is 1. The van der Waals surface area contributed by atoms with E-state index in [4.69, 9.17) is 4.74 Å². The van der Waals surface area contributed by atoms with Crippen molar-refractivity contribution < 1.29 is 18.7 Å². The van der Waals surface area contributed by atoms with Crippen molar-refractivity contribution in [1.29, 1.82) is 0 Å². The molecule has 6 heteroatoms. The molecule has 5 nitrogen and oxygen atoms in total. The van der Waals surface area contributed by atoms with Gasteiger partial charge in [0.1, 0.15) is 0 Å². The van der Waals surface area contributed by atoms with Crippen molar-refractivity contribution in [3.63, 3.8) is 0 Å². The normalized spacial score (nSPS) is 18.6. The number of para-hydroxylation sites is 1. The van der Waals surface area contributed by atoms with Gasteiger partial charge in [0.25, 0.3) is 5.91 Å². The first kappa shape index (κ1) is 15.8. The topological polar surface area (TPSA) is 58.6 Å². The fourth-order valence-corrected chi connectivity index (χ4v) is 3.03. The molecule has 0 radical (unpaired) electrons. The molecule has 23 heavy (non-hydrogen) atoms. The van der Waals surface area contributed by atoms with Gasteiger partial charge < -0.3 is 15.0 Å². The standard InChI is InChI=1S/C17H21FN2O3/c18-14-7-3-4-8-15(14)23-11-16(21)20-9-12(10-20)17(22)19-13-5-1-2-6-13/h3-4,7-8,12-13H,1-2,5-6,9-11H2,(H,19,22). The molecule has 2 fully saturated rings. The molecule has 2 amide bonds. The Labute approximate surface area is 134 Å². The summed E-state index contributed by atoms with van der Waals surface area (Å²) in [5, 5.41) is 3.05. The Morgan fingerprint density at radius 2 is 1.91 bits per heavy atom. The molecule has 1 saturated heterocycles. The van der Waals surface area contributed by atoms with E-state index in [1.54, 1.807) is 17.0 Å². The van der Waals surface area contributed by atoms with E-state index in [9.17, 15) is 14.0 Å². The molecule has 3 rings (SSSR count). The third kappa shape index (κ3) is 3.81. The Bertz CT molecular complexity index is 581. The second-order valence-electron chi connectivity index (χ2n) is 6.20. The zero-order valence-electron chi connectivity index (χ0n) is 13.0. The Morgan fingerprint density at radius 1 is 1.22 bits per heavy atom. The van der Waals surface area contributed by atoms with Crippen LogP contribution in [0.4, 0.5) is 4.39 Å². The van der Waals surface area contributed by atoms with Crippen LogP contribution in [0, 0.1) is 11.7 Å². The molecule has 124 valence electrons. The van der Waals surface area contributed by atoms with Crippen LogP contribution in [0.25, 0.3) is 0 Å². The molecule has 2 aliphatic rings. The van der Waals surface area contributed by atoms with Crippen LogP contribution in [0.1, 0.15) is 25.7 Å². The van der Waals surface area contributed by atoms with Gasteiger partial charge in [0.15, 0.2) is 18.2 Å². The van der Waals surface area contributed by atoms with Crippen LogP contribution < -0.4 is 10.1 Å². The van der Waals surface area contributed by atoms with Gasteiger partial charge in [0.05, 0.1) is 5.92 Å². The van der Waals surface area contributed by atoms with Gasteiger partial charge in [-0.1, -0.05) is 25.0 Å². The highest BCUT2D eigenvalue weighted by molar-refractivity contribution is 5.85. The van der Waals surface area contributed by atoms with Gasteiger partial charge in [0, 0.05) is 19.1 Å². The van der Waals surface area contributed by atoms with E-state index in [-0.39, 0.29) is 30.1 Å². The van der Waals surface area contributed by atoms with Crippen molar-refractivity contribution in [1.82, 2.24) is 10.2 Å². The SMILES string of the molecule is O=C(NC1CCCC1)C1CN(C(=O)COc2ccccc2F)C1. The number of amides is 2. The van der Waals surface area contributed by atoms with Gasteiger partial charge >= 0.3 is 0 Å². The lowest BCUT2D eigenvalue weighted by molar-refractivity contribution is -0.144. The summed E-state index contributed by atoms with van der Waals surface area (Å²) in [5.74, 6) is -0.739. The highest BCUT2D eigenvalue weighted by atomic mass is 19.1. The number of rotatable bonds is 5. The minimum Gasteiger partial charge on any atom is -0.481 e. The predicted octanol–water partition coefficient (Wildman–Crippen LogP) is 1.72. The summed E-state index contributed by atoms with van der Waals surface area (Å²) in [6, 6.07) is 6.28. The summed E-state index contributed by atoms with van der Waals surface area (Å²) < 4.78 is 18.6. The maximum atomic E-state index is 13.4. The summed E-state index contributed by atoms with van der Waals surface area (Å²) in [7, 11) is 0. The molecule has 1 aliphatic heterocycles. The second-order valence-corrected chi connectivity index (χ2v) is 6.20. The maximum Gasteiger partial charge on any atom is 0.260 e. The smallest absolute Gasteiger partial charge is 0.260 e. The molecule has 0 aromatic heterocycles. The van der Waals surface area contributed by atoms with Gasteiger partial charge in [-0.25, -0.2) is 4.39 Å². The number of hydrogen-bond donors (Lipinski definition) is 1. The number of ether oxygens (including phenoxy) is 1. The average molecular weight is 320 g/mol. The van der Waals surface area contributed by atoms with Crippen LogP contribution in [0.15, 0.2) is 24.3 Å². The predicted molar refractivity (Wildman–Crippen MR) is 82.4 cm³/mol. The van der Waals surface area contributed by atoms with Crippen molar-refractivity contribution >= 4 is 11.8 Å². The van der Waals surface area contributed by atoms with Crippen molar-refractivity contribution in [3.05, 3.63) is 30.1 Å². The van der Waals surface area contributed by atoms with E-state index in [1.807, 2.05) is 0 Å². The lowest BCUT2D eigenvalue weighted by Gasteiger charge is -2.38. The van der Waals surface area contributed by atoms with Crippen molar-refractivity contribution in [2.45, 2.75) is 31.7 Å². The average Bonchev–Trinajstić information content (AvgIpc) is 2.97. The van der Waals surface area contributed by atoms with Gasteiger partial charge in [-0.2, -0.15) is 0 Å². The lowest BCUT2D eigenvalue weighted by atomic mass is 9.98. The fraction of sp³-hybridized carbons (Fsp3) is 0.529. The third-order valence-corrected chi connectivity index (χ3v) is 4.49. The zero-order chi connectivity index (χ0) is 16.2. The summed E-state index contributed by atoms with van der Waals surface area (Å²) in [4.78, 5) is 25.6. The van der Waals surface area contributed by atoms with E-state index in [2.05, 4.69) is 5.32 Å². The van der Waals surface area contributed by atoms with E-state index < -0.39 is 5.82 Å². The van der Waals surface area contributed by atoms with Crippen molar-refractivity contribution in [3.8, 4) is 5.75 Å². The molecule has 1 aromatic rings. The monoisotopic (exact) mass is 320 g/mol. The molecular formula is C17H21FN2O3. The van der Waals surface area contributed by atoms with Crippen LogP contribution in [-0.4, -0.2) is 42.5 Å². The minimum atomic E-state index is -0.488. The molecule has 1 saturated carbocycles. The van der Waals surface area contributed by atoms with Crippen LogP contribution in [0.3, 0.4) is 0 Å². The van der Waals surface area contributed by atoms with Gasteiger partial charge in [0.2, 0.25) is 5.91 Å². The van der Waals surface area contributed by atoms with E-state index in [1.165, 1.54) is 25.0 Å². The van der Waals surface area contributed by atoms with E-state index in [0.29, 0.717) is 19.1 Å². The molecule has 0 atom stereocenters. The molecule has 0 bridgehead atoms. The van der Waals surface area contributed by atoms with E-state index >= 15 is 0 Å². The highest BCUT2D eigenvalue weighted by Crippen LogP contribution is 2.21.